The average Bonchev–Trinajstić information content (AvgIpc) is 2.83. The lowest BCUT2D eigenvalue weighted by Crippen LogP contribution is -2.50. The van der Waals surface area contributed by atoms with Crippen LogP contribution in [-0.4, -0.2) is 31.8 Å². The van der Waals surface area contributed by atoms with E-state index in [4.69, 9.17) is 9.47 Å². The van der Waals surface area contributed by atoms with E-state index in [0.717, 1.165) is 41.6 Å². The fourth-order valence-corrected chi connectivity index (χ4v) is 4.24. The zero-order valence-corrected chi connectivity index (χ0v) is 19.4. The molecule has 33 heavy (non-hydrogen) atoms. The van der Waals surface area contributed by atoms with Gasteiger partial charge in [-0.3, -0.25) is 4.79 Å². The third kappa shape index (κ3) is 5.25. The van der Waals surface area contributed by atoms with E-state index in [2.05, 4.69) is 36.4 Å². The summed E-state index contributed by atoms with van der Waals surface area (Å²) in [5.74, 6) is 0.0242. The Labute approximate surface area is 195 Å². The van der Waals surface area contributed by atoms with Crippen molar-refractivity contribution in [3.05, 3.63) is 83.7 Å². The summed E-state index contributed by atoms with van der Waals surface area (Å²) in [7, 11) is 1.71. The number of aryl methyl sites for hydroxylation is 1. The van der Waals surface area contributed by atoms with Crippen LogP contribution in [0, 0.1) is 5.82 Å². The maximum absolute atomic E-state index is 13.4. The fourth-order valence-electron chi connectivity index (χ4n) is 4.24. The molecule has 1 aliphatic heterocycles. The first kappa shape index (κ1) is 23.0. The summed E-state index contributed by atoms with van der Waals surface area (Å²) >= 11 is 0. The number of hydrogen-bond acceptors (Lipinski definition) is 3. The molecule has 4 rings (SSSR count). The monoisotopic (exact) mass is 447 g/mol. The summed E-state index contributed by atoms with van der Waals surface area (Å²) in [6, 6.07) is 20.6. The summed E-state index contributed by atoms with van der Waals surface area (Å²) in [6.45, 7) is 4.87. The molecule has 5 heteroatoms. The SMILES string of the molecule is COCCc1ccc(-c2ccc3c(c2)CCCN3C(=O)C(C)(C)Oc2ccc(F)cc2)cc1. The van der Waals surface area contributed by atoms with Gasteiger partial charge in [0.2, 0.25) is 0 Å². The van der Waals surface area contributed by atoms with Crippen molar-refractivity contribution >= 4 is 11.6 Å². The first-order valence-corrected chi connectivity index (χ1v) is 11.3. The molecule has 0 aliphatic carbocycles. The Hall–Kier alpha value is -3.18. The van der Waals surface area contributed by atoms with Crippen LogP contribution in [0.15, 0.2) is 66.7 Å². The van der Waals surface area contributed by atoms with Crippen molar-refractivity contribution in [1.82, 2.24) is 0 Å². The molecule has 1 heterocycles. The van der Waals surface area contributed by atoms with Crippen molar-refractivity contribution in [1.29, 1.82) is 0 Å². The van der Waals surface area contributed by atoms with Crippen molar-refractivity contribution in [2.45, 2.75) is 38.7 Å². The van der Waals surface area contributed by atoms with Crippen LogP contribution in [0.1, 0.15) is 31.4 Å². The standard InChI is InChI=1S/C28H30FNO3/c1-28(2,33-25-13-11-24(29)12-14-25)27(31)30-17-4-5-23-19-22(10-15-26(23)30)21-8-6-20(7-9-21)16-18-32-3/h6-15,19H,4-5,16-18H2,1-3H3. The third-order valence-electron chi connectivity index (χ3n) is 6.03. The van der Waals surface area contributed by atoms with Gasteiger partial charge in [-0.05, 0) is 91.8 Å². The van der Waals surface area contributed by atoms with E-state index >= 15 is 0 Å². The minimum Gasteiger partial charge on any atom is -0.478 e. The Morgan fingerprint density at radius 3 is 2.39 bits per heavy atom. The topological polar surface area (TPSA) is 38.8 Å². The molecule has 1 aliphatic rings. The van der Waals surface area contributed by atoms with Crippen molar-refractivity contribution in [3.63, 3.8) is 0 Å². The average molecular weight is 448 g/mol. The van der Waals surface area contributed by atoms with Gasteiger partial charge in [-0.15, -0.1) is 0 Å². The number of ether oxygens (including phenoxy) is 2. The molecular weight excluding hydrogens is 417 g/mol. The Morgan fingerprint density at radius 2 is 1.70 bits per heavy atom. The van der Waals surface area contributed by atoms with Gasteiger partial charge in [-0.25, -0.2) is 4.39 Å². The number of rotatable bonds is 7. The second-order valence-electron chi connectivity index (χ2n) is 8.91. The Morgan fingerprint density at radius 1 is 1.00 bits per heavy atom. The second kappa shape index (κ2) is 9.75. The highest BCUT2D eigenvalue weighted by Crippen LogP contribution is 2.34. The van der Waals surface area contributed by atoms with Crippen molar-refractivity contribution < 1.29 is 18.7 Å². The zero-order valence-electron chi connectivity index (χ0n) is 19.4. The lowest BCUT2D eigenvalue weighted by atomic mass is 9.94. The molecular formula is C28H30FNO3. The van der Waals surface area contributed by atoms with Crippen molar-refractivity contribution in [2.24, 2.45) is 0 Å². The van der Waals surface area contributed by atoms with Gasteiger partial charge >= 0.3 is 0 Å². The fraction of sp³-hybridized carbons (Fsp3) is 0.321. The van der Waals surface area contributed by atoms with Crippen LogP contribution in [0.5, 0.6) is 5.75 Å². The molecule has 0 aromatic heterocycles. The van der Waals surface area contributed by atoms with Crippen LogP contribution in [-0.2, 0) is 22.4 Å². The Kier molecular flexibility index (Phi) is 6.80. The van der Waals surface area contributed by atoms with Gasteiger partial charge in [0.15, 0.2) is 5.60 Å². The predicted octanol–water partition coefficient (Wildman–Crippen LogP) is 5.82. The maximum Gasteiger partial charge on any atom is 0.270 e. The van der Waals surface area contributed by atoms with E-state index in [1.54, 1.807) is 33.1 Å². The van der Waals surface area contributed by atoms with Crippen LogP contribution < -0.4 is 9.64 Å². The molecule has 0 fully saturated rings. The maximum atomic E-state index is 13.4. The highest BCUT2D eigenvalue weighted by Gasteiger charge is 2.36. The molecule has 172 valence electrons. The number of anilines is 1. The van der Waals surface area contributed by atoms with Gasteiger partial charge in [0.1, 0.15) is 11.6 Å². The summed E-state index contributed by atoms with van der Waals surface area (Å²) in [5, 5.41) is 0. The summed E-state index contributed by atoms with van der Waals surface area (Å²) < 4.78 is 24.3. The smallest absolute Gasteiger partial charge is 0.270 e. The third-order valence-corrected chi connectivity index (χ3v) is 6.03. The number of carbonyl (C=O) groups excluding carboxylic acids is 1. The van der Waals surface area contributed by atoms with Gasteiger partial charge in [0, 0.05) is 19.3 Å². The molecule has 0 unspecified atom stereocenters. The molecule has 3 aromatic carbocycles. The van der Waals surface area contributed by atoms with E-state index in [1.165, 1.54) is 17.7 Å². The Balaban J connectivity index is 1.54. The van der Waals surface area contributed by atoms with Gasteiger partial charge < -0.3 is 14.4 Å². The normalized spacial score (nSPS) is 13.5. The van der Waals surface area contributed by atoms with Crippen LogP contribution in [0.3, 0.4) is 0 Å². The number of benzene rings is 3. The molecule has 0 spiro atoms. The Bertz CT molecular complexity index is 1110. The van der Waals surface area contributed by atoms with E-state index in [9.17, 15) is 9.18 Å². The molecule has 0 bridgehead atoms. The number of fused-ring (bicyclic) bond motifs is 1. The van der Waals surface area contributed by atoms with Gasteiger partial charge in [0.25, 0.3) is 5.91 Å². The zero-order chi connectivity index (χ0) is 23.4. The lowest BCUT2D eigenvalue weighted by molar-refractivity contribution is -0.131. The van der Waals surface area contributed by atoms with Crippen LogP contribution in [0.4, 0.5) is 10.1 Å². The molecule has 0 saturated carbocycles. The van der Waals surface area contributed by atoms with E-state index in [-0.39, 0.29) is 11.7 Å². The number of nitrogens with zero attached hydrogens (tertiary/aromatic N) is 1. The predicted molar refractivity (Wildman–Crippen MR) is 129 cm³/mol. The minimum atomic E-state index is -1.08. The molecule has 0 atom stereocenters. The number of halogens is 1. The second-order valence-corrected chi connectivity index (χ2v) is 8.91. The van der Waals surface area contributed by atoms with Crippen molar-refractivity contribution in [3.8, 4) is 16.9 Å². The molecule has 1 amide bonds. The first-order valence-electron chi connectivity index (χ1n) is 11.3. The molecule has 4 nitrogen and oxygen atoms in total. The highest BCUT2D eigenvalue weighted by molar-refractivity contribution is 6.00. The van der Waals surface area contributed by atoms with Gasteiger partial charge in [-0.2, -0.15) is 0 Å². The summed E-state index contributed by atoms with van der Waals surface area (Å²) in [5.41, 5.74) is 4.56. The number of amides is 1. The highest BCUT2D eigenvalue weighted by atomic mass is 19.1. The molecule has 0 saturated heterocycles. The molecule has 0 radical (unpaired) electrons. The van der Waals surface area contributed by atoms with E-state index < -0.39 is 5.60 Å². The molecule has 0 N–H and O–H groups in total. The van der Waals surface area contributed by atoms with E-state index in [1.807, 2.05) is 11.0 Å². The van der Waals surface area contributed by atoms with Gasteiger partial charge in [0.05, 0.1) is 6.61 Å². The van der Waals surface area contributed by atoms with Crippen LogP contribution in [0.25, 0.3) is 11.1 Å². The van der Waals surface area contributed by atoms with Crippen molar-refractivity contribution in [2.75, 3.05) is 25.2 Å². The van der Waals surface area contributed by atoms with Crippen LogP contribution >= 0.6 is 0 Å². The number of hydrogen-bond donors (Lipinski definition) is 0. The minimum absolute atomic E-state index is 0.108. The largest absolute Gasteiger partial charge is 0.478 e. The van der Waals surface area contributed by atoms with E-state index in [0.29, 0.717) is 18.9 Å². The summed E-state index contributed by atoms with van der Waals surface area (Å²) in [4.78, 5) is 15.3. The lowest BCUT2D eigenvalue weighted by Gasteiger charge is -2.36. The first-order chi connectivity index (χ1) is 15.9. The number of methoxy groups -OCH3 is 1. The van der Waals surface area contributed by atoms with Gasteiger partial charge in [-0.1, -0.05) is 30.3 Å². The molecule has 3 aromatic rings. The number of carbonyl (C=O) groups is 1. The quantitative estimate of drug-likeness (QED) is 0.458. The summed E-state index contributed by atoms with van der Waals surface area (Å²) in [6.07, 6.45) is 2.72. The van der Waals surface area contributed by atoms with Crippen LogP contribution in [0.2, 0.25) is 0 Å².